The second-order valence-electron chi connectivity index (χ2n) is 6.10. The Morgan fingerprint density at radius 1 is 1.16 bits per heavy atom. The summed E-state index contributed by atoms with van der Waals surface area (Å²) in [6.07, 6.45) is 5.43. The molecule has 0 saturated heterocycles. The Labute approximate surface area is 113 Å². The molecule has 0 atom stereocenters. The number of aliphatic carboxylic acids is 1. The highest BCUT2D eigenvalue weighted by molar-refractivity contribution is 5.75. The van der Waals surface area contributed by atoms with Crippen LogP contribution >= 0.6 is 0 Å². The van der Waals surface area contributed by atoms with Crippen molar-refractivity contribution < 1.29 is 14.6 Å². The molecule has 3 aliphatic rings. The minimum atomic E-state index is -0.591. The van der Waals surface area contributed by atoms with Gasteiger partial charge < -0.3 is 9.84 Å². The molecule has 3 fully saturated rings. The lowest BCUT2D eigenvalue weighted by Crippen LogP contribution is -2.47. The smallest absolute Gasteiger partial charge is 0.309 e. The molecule has 0 aliphatic heterocycles. The molecule has 1 N–H and O–H groups in total. The van der Waals surface area contributed by atoms with Crippen LogP contribution in [0.5, 0.6) is 5.75 Å². The summed E-state index contributed by atoms with van der Waals surface area (Å²) < 4.78 is 5.31. The van der Waals surface area contributed by atoms with Gasteiger partial charge in [0, 0.05) is 0 Å². The van der Waals surface area contributed by atoms with Gasteiger partial charge in [-0.1, -0.05) is 12.1 Å². The SMILES string of the molecule is COc1cccc(C23CCC(C(=O)O)(CC2)CC3)c1. The second kappa shape index (κ2) is 4.26. The number of benzene rings is 1. The molecule has 0 spiro atoms. The third-order valence-corrected chi connectivity index (χ3v) is 5.38. The maximum atomic E-state index is 11.5. The molecule has 1 aromatic rings. The summed E-state index contributed by atoms with van der Waals surface area (Å²) in [7, 11) is 1.69. The van der Waals surface area contributed by atoms with Gasteiger partial charge in [-0.15, -0.1) is 0 Å². The molecule has 0 aromatic heterocycles. The van der Waals surface area contributed by atoms with E-state index < -0.39 is 11.4 Å². The number of carboxylic acids is 1. The molecule has 3 nitrogen and oxygen atoms in total. The summed E-state index contributed by atoms with van der Waals surface area (Å²) in [5.74, 6) is 0.305. The summed E-state index contributed by atoms with van der Waals surface area (Å²) in [6, 6.07) is 8.30. The third-order valence-electron chi connectivity index (χ3n) is 5.38. The lowest BCUT2D eigenvalue weighted by molar-refractivity contribution is -0.156. The summed E-state index contributed by atoms with van der Waals surface area (Å²) in [6.45, 7) is 0. The molecule has 3 heteroatoms. The molecule has 19 heavy (non-hydrogen) atoms. The van der Waals surface area contributed by atoms with Crippen LogP contribution in [-0.4, -0.2) is 18.2 Å². The highest BCUT2D eigenvalue weighted by Crippen LogP contribution is 2.58. The van der Waals surface area contributed by atoms with Gasteiger partial charge in [0.1, 0.15) is 5.75 Å². The van der Waals surface area contributed by atoms with Gasteiger partial charge in [0.25, 0.3) is 0 Å². The van der Waals surface area contributed by atoms with E-state index in [9.17, 15) is 9.90 Å². The zero-order chi connectivity index (χ0) is 13.5. The summed E-state index contributed by atoms with van der Waals surface area (Å²) in [5.41, 5.74) is 1.08. The van der Waals surface area contributed by atoms with Crippen LogP contribution in [0.4, 0.5) is 0 Å². The number of fused-ring (bicyclic) bond motifs is 3. The number of rotatable bonds is 3. The summed E-state index contributed by atoms with van der Waals surface area (Å²) in [5, 5.41) is 9.43. The molecule has 102 valence electrons. The van der Waals surface area contributed by atoms with Crippen molar-refractivity contribution in [1.82, 2.24) is 0 Å². The van der Waals surface area contributed by atoms with Crippen molar-refractivity contribution in [2.24, 2.45) is 5.41 Å². The molecule has 0 amide bonds. The fourth-order valence-corrected chi connectivity index (χ4v) is 3.89. The molecule has 3 saturated carbocycles. The minimum absolute atomic E-state index is 0.186. The Balaban J connectivity index is 1.89. The molecule has 0 heterocycles. The highest BCUT2D eigenvalue weighted by Gasteiger charge is 2.53. The van der Waals surface area contributed by atoms with Gasteiger partial charge in [-0.05, 0) is 61.6 Å². The van der Waals surface area contributed by atoms with Gasteiger partial charge in [0.05, 0.1) is 12.5 Å². The van der Waals surface area contributed by atoms with Crippen molar-refractivity contribution in [1.29, 1.82) is 0 Å². The van der Waals surface area contributed by atoms with E-state index in [-0.39, 0.29) is 5.41 Å². The topological polar surface area (TPSA) is 46.5 Å². The van der Waals surface area contributed by atoms with E-state index >= 15 is 0 Å². The Morgan fingerprint density at radius 3 is 2.32 bits per heavy atom. The Bertz CT molecular complexity index is 482. The maximum Gasteiger partial charge on any atom is 0.309 e. The van der Waals surface area contributed by atoms with Crippen LogP contribution in [0.3, 0.4) is 0 Å². The Kier molecular flexibility index (Phi) is 2.80. The molecular formula is C16H20O3. The normalized spacial score (nSPS) is 33.1. The number of hydrogen-bond donors (Lipinski definition) is 1. The van der Waals surface area contributed by atoms with E-state index in [2.05, 4.69) is 12.1 Å². The molecule has 3 aliphatic carbocycles. The van der Waals surface area contributed by atoms with Gasteiger partial charge in [0.15, 0.2) is 0 Å². The second-order valence-corrected chi connectivity index (χ2v) is 6.10. The van der Waals surface area contributed by atoms with E-state index in [1.54, 1.807) is 7.11 Å². The summed E-state index contributed by atoms with van der Waals surface area (Å²) >= 11 is 0. The van der Waals surface area contributed by atoms with E-state index in [0.29, 0.717) is 0 Å². The van der Waals surface area contributed by atoms with Crippen LogP contribution in [0.15, 0.2) is 24.3 Å². The molecule has 2 bridgehead atoms. The average molecular weight is 260 g/mol. The molecule has 1 aromatic carbocycles. The maximum absolute atomic E-state index is 11.5. The standard InChI is InChI=1S/C16H20O3/c1-19-13-4-2-3-12(11-13)15-5-8-16(9-6-15,10-7-15)14(17)18/h2-4,11H,5-10H2,1H3,(H,17,18). The highest BCUT2D eigenvalue weighted by atomic mass is 16.5. The average Bonchev–Trinajstić information content (AvgIpc) is 2.49. The van der Waals surface area contributed by atoms with Crippen LogP contribution in [0.25, 0.3) is 0 Å². The predicted octanol–water partition coefficient (Wildman–Crippen LogP) is 3.37. The van der Waals surface area contributed by atoms with E-state index in [1.807, 2.05) is 12.1 Å². The van der Waals surface area contributed by atoms with Gasteiger partial charge >= 0.3 is 5.97 Å². The molecule has 4 rings (SSSR count). The number of carboxylic acid groups (broad SMARTS) is 1. The zero-order valence-corrected chi connectivity index (χ0v) is 11.3. The van der Waals surface area contributed by atoms with Crippen molar-refractivity contribution in [3.8, 4) is 5.75 Å². The third kappa shape index (κ3) is 1.83. The number of carbonyl (C=O) groups is 1. The lowest BCUT2D eigenvalue weighted by atomic mass is 9.52. The van der Waals surface area contributed by atoms with Crippen LogP contribution in [-0.2, 0) is 10.2 Å². The Morgan fingerprint density at radius 2 is 1.79 bits per heavy atom. The first-order chi connectivity index (χ1) is 9.10. The predicted molar refractivity (Wildman–Crippen MR) is 72.4 cm³/mol. The lowest BCUT2D eigenvalue weighted by Gasteiger charge is -2.51. The summed E-state index contributed by atoms with van der Waals surface area (Å²) in [4.78, 5) is 11.5. The van der Waals surface area contributed by atoms with Gasteiger partial charge in [0.2, 0.25) is 0 Å². The van der Waals surface area contributed by atoms with Crippen molar-refractivity contribution in [2.75, 3.05) is 7.11 Å². The first kappa shape index (κ1) is 12.5. The van der Waals surface area contributed by atoms with Crippen molar-refractivity contribution >= 4 is 5.97 Å². The van der Waals surface area contributed by atoms with Crippen molar-refractivity contribution in [3.05, 3.63) is 29.8 Å². The number of methoxy groups -OCH3 is 1. The molecule has 0 radical (unpaired) electrons. The van der Waals surface area contributed by atoms with Crippen LogP contribution in [0.2, 0.25) is 0 Å². The minimum Gasteiger partial charge on any atom is -0.497 e. The van der Waals surface area contributed by atoms with Crippen LogP contribution in [0.1, 0.15) is 44.1 Å². The van der Waals surface area contributed by atoms with Gasteiger partial charge in [-0.2, -0.15) is 0 Å². The van der Waals surface area contributed by atoms with Crippen LogP contribution < -0.4 is 4.74 Å². The fraction of sp³-hybridized carbons (Fsp3) is 0.562. The first-order valence-electron chi connectivity index (χ1n) is 6.98. The van der Waals surface area contributed by atoms with Crippen LogP contribution in [0, 0.1) is 5.41 Å². The quantitative estimate of drug-likeness (QED) is 0.906. The van der Waals surface area contributed by atoms with Crippen molar-refractivity contribution in [2.45, 2.75) is 43.9 Å². The van der Waals surface area contributed by atoms with E-state index in [1.165, 1.54) is 5.56 Å². The zero-order valence-electron chi connectivity index (χ0n) is 11.3. The molecular weight excluding hydrogens is 240 g/mol. The first-order valence-corrected chi connectivity index (χ1v) is 6.98. The molecule has 0 unspecified atom stereocenters. The number of hydrogen-bond acceptors (Lipinski definition) is 2. The van der Waals surface area contributed by atoms with Crippen molar-refractivity contribution in [3.63, 3.8) is 0 Å². The monoisotopic (exact) mass is 260 g/mol. The van der Waals surface area contributed by atoms with Gasteiger partial charge in [-0.3, -0.25) is 4.79 Å². The van der Waals surface area contributed by atoms with Gasteiger partial charge in [-0.25, -0.2) is 0 Å². The largest absolute Gasteiger partial charge is 0.497 e. The van der Waals surface area contributed by atoms with E-state index in [4.69, 9.17) is 4.74 Å². The van der Waals surface area contributed by atoms with E-state index in [0.717, 1.165) is 44.3 Å². The fourth-order valence-electron chi connectivity index (χ4n) is 3.89. The Hall–Kier alpha value is -1.51. The number of ether oxygens (including phenoxy) is 1.